The predicted octanol–water partition coefficient (Wildman–Crippen LogP) is 4.43. The van der Waals surface area contributed by atoms with Crippen LogP contribution in [0.4, 0.5) is 0 Å². The summed E-state index contributed by atoms with van der Waals surface area (Å²) in [4.78, 5) is 12.5. The summed E-state index contributed by atoms with van der Waals surface area (Å²) < 4.78 is 6.30. The van der Waals surface area contributed by atoms with E-state index in [1.165, 1.54) is 32.1 Å². The number of hydrogen-bond donors (Lipinski definition) is 0. The van der Waals surface area contributed by atoms with E-state index in [1.807, 2.05) is 20.8 Å². The second-order valence-electron chi connectivity index (χ2n) is 8.95. The summed E-state index contributed by atoms with van der Waals surface area (Å²) in [6.45, 7) is 10.4. The fraction of sp³-hybridized carbons (Fsp3) is 0.944. The Labute approximate surface area is 123 Å². The lowest BCUT2D eigenvalue weighted by molar-refractivity contribution is -0.231. The van der Waals surface area contributed by atoms with Gasteiger partial charge in [-0.1, -0.05) is 13.8 Å². The van der Waals surface area contributed by atoms with Gasteiger partial charge in [0.25, 0.3) is 0 Å². The fourth-order valence-electron chi connectivity index (χ4n) is 5.46. The van der Waals surface area contributed by atoms with E-state index >= 15 is 0 Å². The van der Waals surface area contributed by atoms with Gasteiger partial charge in [0.05, 0.1) is 5.41 Å². The summed E-state index contributed by atoms with van der Waals surface area (Å²) >= 11 is 0. The summed E-state index contributed by atoms with van der Waals surface area (Å²) in [5, 5.41) is 0. The van der Waals surface area contributed by atoms with Crippen molar-refractivity contribution < 1.29 is 9.53 Å². The summed E-state index contributed by atoms with van der Waals surface area (Å²) in [5.74, 6) is 3.49. The van der Waals surface area contributed by atoms with Crippen LogP contribution in [0.5, 0.6) is 0 Å². The number of carbonyl (C=O) groups excluding carboxylic acids is 1. The lowest BCUT2D eigenvalue weighted by Crippen LogP contribution is -2.62. The summed E-state index contributed by atoms with van der Waals surface area (Å²) in [5.41, 5.74) is -0.561. The molecule has 0 amide bonds. The zero-order valence-electron chi connectivity index (χ0n) is 13.7. The summed E-state index contributed by atoms with van der Waals surface area (Å²) in [7, 11) is 0. The molecule has 2 nitrogen and oxygen atoms in total. The Morgan fingerprint density at radius 1 is 1.00 bits per heavy atom. The van der Waals surface area contributed by atoms with Crippen LogP contribution < -0.4 is 0 Å². The van der Waals surface area contributed by atoms with E-state index in [-0.39, 0.29) is 11.6 Å². The molecule has 20 heavy (non-hydrogen) atoms. The average molecular weight is 278 g/mol. The normalized spacial score (nSPS) is 43.1. The Kier molecular flexibility index (Phi) is 3.23. The maximum absolute atomic E-state index is 12.5. The van der Waals surface area contributed by atoms with Crippen LogP contribution in [0, 0.1) is 35.0 Å². The molecule has 4 aliphatic carbocycles. The predicted molar refractivity (Wildman–Crippen MR) is 80.2 cm³/mol. The zero-order chi connectivity index (χ0) is 14.7. The van der Waals surface area contributed by atoms with E-state index < -0.39 is 5.41 Å². The Bertz CT molecular complexity index is 374. The van der Waals surface area contributed by atoms with Gasteiger partial charge in [0, 0.05) is 0 Å². The first kappa shape index (κ1) is 14.4. The van der Waals surface area contributed by atoms with Gasteiger partial charge < -0.3 is 4.74 Å². The van der Waals surface area contributed by atoms with Crippen LogP contribution >= 0.6 is 0 Å². The third kappa shape index (κ3) is 2.02. The molecule has 2 heteroatoms. The van der Waals surface area contributed by atoms with E-state index in [9.17, 15) is 4.79 Å². The average Bonchev–Trinajstić information content (AvgIpc) is 2.31. The first-order valence-corrected chi connectivity index (χ1v) is 8.47. The second kappa shape index (κ2) is 4.48. The smallest absolute Gasteiger partial charge is 0.311 e. The van der Waals surface area contributed by atoms with Crippen LogP contribution in [-0.2, 0) is 9.53 Å². The van der Waals surface area contributed by atoms with Crippen molar-refractivity contribution >= 4 is 5.97 Å². The number of hydrogen-bond acceptors (Lipinski definition) is 2. The molecular formula is C18H30O2. The Balaban J connectivity index is 1.91. The molecule has 0 spiro atoms. The van der Waals surface area contributed by atoms with Crippen LogP contribution in [0.2, 0.25) is 0 Å². The van der Waals surface area contributed by atoms with E-state index in [0.717, 1.165) is 11.8 Å². The molecule has 4 rings (SSSR count). The van der Waals surface area contributed by atoms with Crippen molar-refractivity contribution in [1.82, 2.24) is 0 Å². The lowest BCUT2D eigenvalue weighted by atomic mass is 9.47. The van der Waals surface area contributed by atoms with E-state index in [0.29, 0.717) is 17.8 Å². The highest BCUT2D eigenvalue weighted by Gasteiger charge is 2.61. The van der Waals surface area contributed by atoms with Crippen molar-refractivity contribution in [1.29, 1.82) is 0 Å². The van der Waals surface area contributed by atoms with Gasteiger partial charge in [-0.05, 0) is 82.5 Å². The highest BCUT2D eigenvalue weighted by molar-refractivity contribution is 5.76. The van der Waals surface area contributed by atoms with Gasteiger partial charge in [-0.3, -0.25) is 4.79 Å². The standard InChI is InChI=1S/C18H30O2/c1-11(2)18(20-16(19)17(3,4)5)14-7-12-6-13(9-14)10-15(18)8-12/h11-15H,6-10H2,1-5H3. The molecule has 4 aliphatic rings. The number of esters is 1. The van der Waals surface area contributed by atoms with Crippen molar-refractivity contribution in [3.05, 3.63) is 0 Å². The van der Waals surface area contributed by atoms with Crippen molar-refractivity contribution in [2.24, 2.45) is 35.0 Å². The van der Waals surface area contributed by atoms with Gasteiger partial charge in [-0.25, -0.2) is 0 Å². The van der Waals surface area contributed by atoms with Crippen molar-refractivity contribution in [3.8, 4) is 0 Å². The maximum Gasteiger partial charge on any atom is 0.311 e. The van der Waals surface area contributed by atoms with Gasteiger partial charge in [-0.2, -0.15) is 0 Å². The molecule has 4 saturated carbocycles. The monoisotopic (exact) mass is 278 g/mol. The fourth-order valence-corrected chi connectivity index (χ4v) is 5.46. The minimum Gasteiger partial charge on any atom is -0.458 e. The molecule has 0 N–H and O–H groups in total. The molecule has 0 heterocycles. The third-order valence-electron chi connectivity index (χ3n) is 6.20. The second-order valence-corrected chi connectivity index (χ2v) is 8.95. The first-order chi connectivity index (χ1) is 9.23. The minimum atomic E-state index is -0.392. The van der Waals surface area contributed by atoms with Gasteiger partial charge in [0.15, 0.2) is 0 Å². The first-order valence-electron chi connectivity index (χ1n) is 8.47. The molecule has 114 valence electrons. The number of rotatable bonds is 2. The molecule has 0 saturated heterocycles. The highest BCUT2D eigenvalue weighted by atomic mass is 16.6. The summed E-state index contributed by atoms with van der Waals surface area (Å²) in [6.07, 6.45) is 6.62. The van der Waals surface area contributed by atoms with Crippen LogP contribution in [0.15, 0.2) is 0 Å². The van der Waals surface area contributed by atoms with Crippen LogP contribution in [0.1, 0.15) is 66.7 Å². The number of ether oxygens (including phenoxy) is 1. The van der Waals surface area contributed by atoms with E-state index in [1.54, 1.807) is 0 Å². The minimum absolute atomic E-state index is 0.00123. The molecule has 4 bridgehead atoms. The zero-order valence-corrected chi connectivity index (χ0v) is 13.7. The van der Waals surface area contributed by atoms with Gasteiger partial charge in [0.2, 0.25) is 0 Å². The topological polar surface area (TPSA) is 26.3 Å². The van der Waals surface area contributed by atoms with Crippen LogP contribution in [0.3, 0.4) is 0 Å². The van der Waals surface area contributed by atoms with Crippen LogP contribution in [0.25, 0.3) is 0 Å². The molecule has 0 aromatic heterocycles. The molecule has 0 atom stereocenters. The quantitative estimate of drug-likeness (QED) is 0.699. The molecule has 0 aromatic carbocycles. The van der Waals surface area contributed by atoms with Crippen LogP contribution in [-0.4, -0.2) is 11.6 Å². The SMILES string of the molecule is CC(C)C1(OC(=O)C(C)(C)C)C2CC3CC(C2)CC1C3. The Morgan fingerprint density at radius 2 is 1.45 bits per heavy atom. The molecule has 0 aliphatic heterocycles. The molecular weight excluding hydrogens is 248 g/mol. The van der Waals surface area contributed by atoms with Crippen molar-refractivity contribution in [2.75, 3.05) is 0 Å². The van der Waals surface area contributed by atoms with Gasteiger partial charge in [0.1, 0.15) is 5.60 Å². The molecule has 0 unspecified atom stereocenters. The van der Waals surface area contributed by atoms with Crippen molar-refractivity contribution in [3.63, 3.8) is 0 Å². The molecule has 0 radical (unpaired) electrons. The van der Waals surface area contributed by atoms with Gasteiger partial charge in [-0.15, -0.1) is 0 Å². The molecule has 0 aromatic rings. The van der Waals surface area contributed by atoms with Crippen molar-refractivity contribution in [2.45, 2.75) is 72.3 Å². The third-order valence-corrected chi connectivity index (χ3v) is 6.20. The largest absolute Gasteiger partial charge is 0.458 e. The Morgan fingerprint density at radius 3 is 1.80 bits per heavy atom. The van der Waals surface area contributed by atoms with Gasteiger partial charge >= 0.3 is 5.97 Å². The van der Waals surface area contributed by atoms with E-state index in [2.05, 4.69) is 13.8 Å². The summed E-state index contributed by atoms with van der Waals surface area (Å²) in [6, 6.07) is 0. The Hall–Kier alpha value is -0.530. The molecule has 4 fully saturated rings. The van der Waals surface area contributed by atoms with E-state index in [4.69, 9.17) is 4.74 Å². The highest BCUT2D eigenvalue weighted by Crippen LogP contribution is 2.62. The number of carbonyl (C=O) groups is 1. The maximum atomic E-state index is 12.5. The lowest BCUT2D eigenvalue weighted by Gasteiger charge is -2.62.